The summed E-state index contributed by atoms with van der Waals surface area (Å²) < 4.78 is 47.3. The number of aliphatic hydroxyl groups excluding tert-OH is 1. The molecule has 1 aromatic heterocycles. The van der Waals surface area contributed by atoms with Crippen LogP contribution in [0.4, 0.5) is 13.2 Å². The number of aromatic nitrogens is 1. The maximum absolute atomic E-state index is 13.3. The van der Waals surface area contributed by atoms with Crippen LogP contribution in [0.1, 0.15) is 137 Å². The summed E-state index contributed by atoms with van der Waals surface area (Å²) >= 11 is 0. The van der Waals surface area contributed by atoms with Crippen LogP contribution in [-0.4, -0.2) is 18.4 Å². The lowest BCUT2D eigenvalue weighted by Gasteiger charge is -2.56. The number of hydrogen-bond acceptors (Lipinski definition) is 3. The van der Waals surface area contributed by atoms with Gasteiger partial charge in [-0.25, -0.2) is 0 Å². The number of pyridine rings is 1. The number of alkyl halides is 3. The van der Waals surface area contributed by atoms with Gasteiger partial charge in [-0.15, -0.1) is 18.1 Å². The fourth-order valence-corrected chi connectivity index (χ4v) is 8.03. The van der Waals surface area contributed by atoms with E-state index in [-0.39, 0.29) is 22.5 Å². The van der Waals surface area contributed by atoms with E-state index in [2.05, 4.69) is 53.8 Å². The Balaban J connectivity index is 1.73. The molecule has 1 heterocycles. The lowest BCUT2D eigenvalue weighted by molar-refractivity contribution is -0.137. The third kappa shape index (κ3) is 5.71. The van der Waals surface area contributed by atoms with Crippen LogP contribution in [0.25, 0.3) is 5.57 Å². The number of allylic oxidation sites excluding steroid dienone is 2. The SMILES string of the molecule is CC(C)c1nc2c(c(C3=CCCC3)c1[C@H](O)c1ccc(C(F)(F)F)cc1)[C@@H](O[Si-](C)(C)C(C)(C)C)CC1(CCC1)C2. The largest absolute Gasteiger partial charge is 0.559 e. The Bertz CT molecular complexity index is 1320. The molecular formula is C34H46F3NO2Si-. The number of fused-ring (bicyclic) bond motifs is 1. The second-order valence-electron chi connectivity index (χ2n) is 14.5. The van der Waals surface area contributed by atoms with Gasteiger partial charge in [0.2, 0.25) is 0 Å². The second kappa shape index (κ2) is 10.6. The number of rotatable bonds is 6. The minimum atomic E-state index is -4.43. The van der Waals surface area contributed by atoms with E-state index >= 15 is 0 Å². The van der Waals surface area contributed by atoms with Crippen molar-refractivity contribution in [1.82, 2.24) is 4.98 Å². The Morgan fingerprint density at radius 2 is 1.71 bits per heavy atom. The van der Waals surface area contributed by atoms with Gasteiger partial charge in [-0.1, -0.05) is 59.2 Å². The van der Waals surface area contributed by atoms with Gasteiger partial charge in [0.05, 0.1) is 5.56 Å². The van der Waals surface area contributed by atoms with E-state index in [0.717, 1.165) is 72.3 Å². The van der Waals surface area contributed by atoms with E-state index in [1.165, 1.54) is 37.0 Å². The van der Waals surface area contributed by atoms with E-state index in [4.69, 9.17) is 9.41 Å². The van der Waals surface area contributed by atoms with Crippen LogP contribution < -0.4 is 0 Å². The topological polar surface area (TPSA) is 42.4 Å². The molecule has 2 aromatic rings. The summed E-state index contributed by atoms with van der Waals surface area (Å²) in [6, 6.07) is 4.96. The second-order valence-corrected chi connectivity index (χ2v) is 19.3. The number of nitrogens with zero attached hydrogens (tertiary/aromatic N) is 1. The summed E-state index contributed by atoms with van der Waals surface area (Å²) in [5.74, 6) is 0.0409. The Kier molecular flexibility index (Phi) is 7.91. The van der Waals surface area contributed by atoms with Crippen LogP contribution in [-0.2, 0) is 17.0 Å². The maximum Gasteiger partial charge on any atom is 0.416 e. The van der Waals surface area contributed by atoms with Gasteiger partial charge in [0, 0.05) is 28.6 Å². The highest BCUT2D eigenvalue weighted by molar-refractivity contribution is 6.74. The Hall–Kier alpha value is -1.96. The van der Waals surface area contributed by atoms with Gasteiger partial charge in [-0.3, -0.25) is 4.98 Å². The molecule has 41 heavy (non-hydrogen) atoms. The third-order valence-corrected chi connectivity index (χ3v) is 14.7. The van der Waals surface area contributed by atoms with E-state index in [1.807, 2.05) is 0 Å². The Morgan fingerprint density at radius 1 is 1.05 bits per heavy atom. The van der Waals surface area contributed by atoms with Crippen molar-refractivity contribution in [1.29, 1.82) is 0 Å². The lowest BCUT2D eigenvalue weighted by Crippen LogP contribution is -2.46. The predicted octanol–water partition coefficient (Wildman–Crippen LogP) is 10.1. The molecule has 0 radical (unpaired) electrons. The van der Waals surface area contributed by atoms with Crippen molar-refractivity contribution in [3.8, 4) is 0 Å². The van der Waals surface area contributed by atoms with Gasteiger partial charge in [0.1, 0.15) is 6.10 Å². The number of hydrogen-bond donors (Lipinski definition) is 1. The molecule has 225 valence electrons. The minimum absolute atomic E-state index is 0.0397. The van der Waals surface area contributed by atoms with E-state index in [0.29, 0.717) is 5.56 Å². The van der Waals surface area contributed by atoms with Crippen molar-refractivity contribution in [2.45, 2.75) is 128 Å². The molecular weight excluding hydrogens is 539 g/mol. The summed E-state index contributed by atoms with van der Waals surface area (Å²) in [5.41, 5.74) is 6.07. The molecule has 0 aliphatic heterocycles. The van der Waals surface area contributed by atoms with Crippen LogP contribution in [0.3, 0.4) is 0 Å². The van der Waals surface area contributed by atoms with Gasteiger partial charge in [-0.05, 0) is 93.4 Å². The third-order valence-electron chi connectivity index (χ3n) is 10.3. The minimum Gasteiger partial charge on any atom is -0.559 e. The molecule has 1 aromatic carbocycles. The fourth-order valence-electron chi connectivity index (χ4n) is 6.76. The smallest absolute Gasteiger partial charge is 0.416 e. The molecule has 7 heteroatoms. The number of benzene rings is 1. The first-order valence-electron chi connectivity index (χ1n) is 15.3. The fraction of sp³-hybridized carbons (Fsp3) is 0.618. The summed E-state index contributed by atoms with van der Waals surface area (Å²) in [6.07, 6.45) is 5.13. The van der Waals surface area contributed by atoms with Crippen LogP contribution in [0, 0.1) is 5.41 Å². The van der Waals surface area contributed by atoms with E-state index in [1.54, 1.807) is 0 Å². The van der Waals surface area contributed by atoms with Gasteiger partial charge >= 0.3 is 6.18 Å². The number of halogens is 3. The summed E-state index contributed by atoms with van der Waals surface area (Å²) in [4.78, 5) is 5.34. The molecule has 0 amide bonds. The van der Waals surface area contributed by atoms with Gasteiger partial charge in [0.25, 0.3) is 0 Å². The predicted molar refractivity (Wildman–Crippen MR) is 161 cm³/mol. The Morgan fingerprint density at radius 3 is 2.20 bits per heavy atom. The highest BCUT2D eigenvalue weighted by Crippen LogP contribution is 2.58. The average molecular weight is 586 g/mol. The van der Waals surface area contributed by atoms with E-state index < -0.39 is 26.2 Å². The van der Waals surface area contributed by atoms with Gasteiger partial charge < -0.3 is 9.53 Å². The molecule has 5 rings (SSSR count). The number of aliphatic hydroxyl groups is 1. The monoisotopic (exact) mass is 585 g/mol. The Labute approximate surface area is 244 Å². The molecule has 1 spiro atoms. The first-order valence-corrected chi connectivity index (χ1v) is 18.2. The van der Waals surface area contributed by atoms with Gasteiger partial charge in [0.15, 0.2) is 0 Å². The van der Waals surface area contributed by atoms with Crippen molar-refractivity contribution in [3.05, 3.63) is 69.5 Å². The van der Waals surface area contributed by atoms with Crippen LogP contribution >= 0.6 is 0 Å². The average Bonchev–Trinajstić information content (AvgIpc) is 3.39. The van der Waals surface area contributed by atoms with Crippen molar-refractivity contribution < 1.29 is 22.7 Å². The lowest BCUT2D eigenvalue weighted by atomic mass is 9.59. The van der Waals surface area contributed by atoms with Crippen LogP contribution in [0.5, 0.6) is 0 Å². The molecule has 0 bridgehead atoms. The molecule has 3 nitrogen and oxygen atoms in total. The summed E-state index contributed by atoms with van der Waals surface area (Å²) in [7, 11) is -2.16. The van der Waals surface area contributed by atoms with Crippen LogP contribution in [0.15, 0.2) is 30.3 Å². The van der Waals surface area contributed by atoms with Crippen molar-refractivity contribution in [3.63, 3.8) is 0 Å². The summed E-state index contributed by atoms with van der Waals surface area (Å²) in [5, 5.41) is 12.0. The maximum atomic E-state index is 13.3. The van der Waals surface area contributed by atoms with Gasteiger partial charge in [-0.2, -0.15) is 13.2 Å². The van der Waals surface area contributed by atoms with Crippen molar-refractivity contribution >= 4 is 13.9 Å². The first-order chi connectivity index (χ1) is 19.0. The summed E-state index contributed by atoms with van der Waals surface area (Å²) in [6.45, 7) is 15.6. The zero-order chi connectivity index (χ0) is 30.0. The molecule has 3 aliphatic carbocycles. The highest BCUT2D eigenvalue weighted by Gasteiger charge is 2.47. The van der Waals surface area contributed by atoms with Crippen molar-refractivity contribution in [2.75, 3.05) is 0 Å². The molecule has 3 aliphatic rings. The molecule has 2 atom stereocenters. The standard InChI is InChI=1S/C34H46F3NO2Si/c1-21(2)30-29(31(39)23-13-15-24(16-14-23)34(35,36)37)27(22-11-8-9-12-22)28-25(38-30)19-33(17-10-18-33)20-26(28)40-41(6,7)32(3,4)5/h11,13-16,21,26,31,39H,8-10,12,17-20H2,1-7H3/q-1/t26-,31+/m0/s1. The normalized spacial score (nSPS) is 21.6. The van der Waals surface area contributed by atoms with Crippen molar-refractivity contribution in [2.24, 2.45) is 5.41 Å². The molecule has 0 saturated heterocycles. The van der Waals surface area contributed by atoms with E-state index in [9.17, 15) is 18.3 Å². The van der Waals surface area contributed by atoms with Crippen LogP contribution in [0.2, 0.25) is 18.1 Å². The quantitative estimate of drug-likeness (QED) is 0.343. The molecule has 1 saturated carbocycles. The molecule has 1 fully saturated rings. The zero-order valence-electron chi connectivity index (χ0n) is 25.7. The molecule has 1 N–H and O–H groups in total. The first kappa shape index (κ1) is 30.5. The zero-order valence-corrected chi connectivity index (χ0v) is 26.7. The molecule has 0 unspecified atom stereocenters. The highest BCUT2D eigenvalue weighted by atomic mass is 28.4.